The molecule has 0 bridgehead atoms. The molecule has 22 heavy (non-hydrogen) atoms. The summed E-state index contributed by atoms with van der Waals surface area (Å²) in [6.07, 6.45) is -5.04. The molecule has 1 aliphatic heterocycles. The number of hydrogen-bond acceptors (Lipinski definition) is 3. The monoisotopic (exact) mass is 328 g/mol. The lowest BCUT2D eigenvalue weighted by atomic mass is 9.93. The molecule has 1 aliphatic rings. The second-order valence-corrected chi connectivity index (χ2v) is 6.29. The Morgan fingerprint density at radius 1 is 1.00 bits per heavy atom. The van der Waals surface area contributed by atoms with Gasteiger partial charge in [-0.15, -0.1) is 0 Å². The van der Waals surface area contributed by atoms with Gasteiger partial charge in [0.1, 0.15) is 16.5 Å². The first-order chi connectivity index (χ1) is 10.4. The fraction of sp³-hybridized carbons (Fsp3) is 0.200. The van der Waals surface area contributed by atoms with E-state index in [9.17, 15) is 22.5 Å². The van der Waals surface area contributed by atoms with Gasteiger partial charge in [-0.25, -0.2) is 0 Å². The van der Waals surface area contributed by atoms with Crippen molar-refractivity contribution in [1.29, 1.82) is 0 Å². The quantitative estimate of drug-likeness (QED) is 0.922. The molecule has 0 radical (unpaired) electrons. The van der Waals surface area contributed by atoms with Crippen LogP contribution in [0.25, 0.3) is 0 Å². The molecule has 1 heterocycles. The first-order valence-electron chi connectivity index (χ1n) is 6.36. The van der Waals surface area contributed by atoms with E-state index in [0.717, 1.165) is 12.1 Å². The molecule has 2 aromatic rings. The van der Waals surface area contributed by atoms with E-state index in [2.05, 4.69) is 0 Å². The minimum atomic E-state index is -5.04. The van der Waals surface area contributed by atoms with Crippen molar-refractivity contribution in [3.8, 4) is 5.75 Å². The molecule has 2 aromatic carbocycles. The first-order valence-corrected chi connectivity index (χ1v) is 7.58. The van der Waals surface area contributed by atoms with Crippen molar-refractivity contribution in [2.45, 2.75) is 22.1 Å². The number of para-hydroxylation sites is 1. The van der Waals surface area contributed by atoms with Gasteiger partial charge in [-0.2, -0.15) is 13.2 Å². The molecular formula is C15H11F3O3S. The average molecular weight is 328 g/mol. The highest BCUT2D eigenvalue weighted by atomic mass is 32.2. The van der Waals surface area contributed by atoms with Crippen LogP contribution in [0.3, 0.4) is 0 Å². The fourth-order valence-corrected chi connectivity index (χ4v) is 3.88. The highest BCUT2D eigenvalue weighted by molar-refractivity contribution is 7.86. The summed E-state index contributed by atoms with van der Waals surface area (Å²) in [6, 6.07) is 12.5. The number of ether oxygens (including phenoxy) is 1. The van der Waals surface area contributed by atoms with Crippen LogP contribution in [0.2, 0.25) is 0 Å². The van der Waals surface area contributed by atoms with Crippen molar-refractivity contribution < 1.29 is 27.2 Å². The number of rotatable bonds is 2. The molecule has 0 amide bonds. The molecule has 3 nitrogen and oxygen atoms in total. The van der Waals surface area contributed by atoms with E-state index in [4.69, 9.17) is 4.74 Å². The normalized spacial score (nSPS) is 23.5. The molecule has 0 saturated heterocycles. The van der Waals surface area contributed by atoms with Crippen molar-refractivity contribution in [1.82, 2.24) is 0 Å². The van der Waals surface area contributed by atoms with E-state index in [1.54, 1.807) is 12.1 Å². The molecule has 1 unspecified atom stereocenters. The summed E-state index contributed by atoms with van der Waals surface area (Å²) in [6.45, 7) is 0. The Bertz CT molecular complexity index is 717. The zero-order chi connectivity index (χ0) is 16.0. The van der Waals surface area contributed by atoms with E-state index in [0.29, 0.717) is 0 Å². The molecule has 116 valence electrons. The molecule has 3 atom stereocenters. The Balaban J connectivity index is 2.12. The lowest BCUT2D eigenvalue weighted by Crippen LogP contribution is -2.54. The predicted octanol–water partition coefficient (Wildman–Crippen LogP) is 2.96. The summed E-state index contributed by atoms with van der Waals surface area (Å²) in [5.74, 6) is 0.0874. The van der Waals surface area contributed by atoms with E-state index >= 15 is 0 Å². The highest BCUT2D eigenvalue weighted by Gasteiger charge is 2.65. The second-order valence-electron chi connectivity index (χ2n) is 4.82. The highest BCUT2D eigenvalue weighted by Crippen LogP contribution is 2.48. The number of halogens is 3. The summed E-state index contributed by atoms with van der Waals surface area (Å²) < 4.78 is 58.3. The Kier molecular flexibility index (Phi) is 3.49. The van der Waals surface area contributed by atoms with Gasteiger partial charge in [-0.05, 0) is 17.7 Å². The zero-order valence-electron chi connectivity index (χ0n) is 11.1. The molecule has 3 rings (SSSR count). The topological polar surface area (TPSA) is 46.5 Å². The van der Waals surface area contributed by atoms with Crippen LogP contribution in [0, 0.1) is 0 Å². The summed E-state index contributed by atoms with van der Waals surface area (Å²) >= 11 is 0. The lowest BCUT2D eigenvalue weighted by Gasteiger charge is -2.34. The minimum absolute atomic E-state index is 0.0874. The third kappa shape index (κ3) is 2.12. The van der Waals surface area contributed by atoms with Crippen molar-refractivity contribution in [3.63, 3.8) is 0 Å². The van der Waals surface area contributed by atoms with E-state index in [-0.39, 0.29) is 10.6 Å². The van der Waals surface area contributed by atoms with Gasteiger partial charge < -0.3 is 9.84 Å². The molecule has 0 fully saturated rings. The summed E-state index contributed by atoms with van der Waals surface area (Å²) in [5, 5.41) is 10.4. The van der Waals surface area contributed by atoms with Gasteiger partial charge in [0.05, 0.1) is 4.90 Å². The Hall–Kier alpha value is -1.86. The Labute approximate surface area is 126 Å². The van der Waals surface area contributed by atoms with Crippen LogP contribution in [0.5, 0.6) is 5.75 Å². The van der Waals surface area contributed by atoms with Crippen LogP contribution < -0.4 is 4.74 Å². The number of benzene rings is 2. The Morgan fingerprint density at radius 2 is 1.59 bits per heavy atom. The van der Waals surface area contributed by atoms with Crippen LogP contribution >= 0.6 is 0 Å². The predicted molar refractivity (Wildman–Crippen MR) is 73.7 cm³/mol. The van der Waals surface area contributed by atoms with Crippen LogP contribution in [0.1, 0.15) is 5.56 Å². The maximum Gasteiger partial charge on any atom is 0.426 e. The number of alkyl halides is 3. The molecule has 7 heteroatoms. The van der Waals surface area contributed by atoms with E-state index in [1.807, 2.05) is 0 Å². The summed E-state index contributed by atoms with van der Waals surface area (Å²) in [5.41, 5.74) is -5.72. The largest absolute Gasteiger partial charge is 0.472 e. The molecular weight excluding hydrogens is 317 g/mol. The number of aliphatic hydroxyl groups is 1. The summed E-state index contributed by atoms with van der Waals surface area (Å²) in [7, 11) is -2.14. The van der Waals surface area contributed by atoms with Crippen LogP contribution in [-0.4, -0.2) is 20.9 Å². The van der Waals surface area contributed by atoms with Crippen LogP contribution in [0.15, 0.2) is 59.5 Å². The SMILES string of the molecule is O=S1c2ccccc2O[C@@H]1[C@@](O)(c1ccccc1)C(F)(F)F. The van der Waals surface area contributed by atoms with Crippen molar-refractivity contribution in [2.24, 2.45) is 0 Å². The lowest BCUT2D eigenvalue weighted by molar-refractivity contribution is -0.280. The molecule has 0 aromatic heterocycles. The number of fused-ring (bicyclic) bond motifs is 1. The summed E-state index contributed by atoms with van der Waals surface area (Å²) in [4.78, 5) is 0.145. The van der Waals surface area contributed by atoms with Gasteiger partial charge in [0.2, 0.25) is 11.0 Å². The molecule has 1 N–H and O–H groups in total. The van der Waals surface area contributed by atoms with Crippen LogP contribution in [0.4, 0.5) is 13.2 Å². The van der Waals surface area contributed by atoms with Crippen molar-refractivity contribution in [2.75, 3.05) is 0 Å². The minimum Gasteiger partial charge on any atom is -0.472 e. The third-order valence-corrected chi connectivity index (χ3v) is 5.08. The molecule has 0 aliphatic carbocycles. The average Bonchev–Trinajstić information content (AvgIpc) is 2.84. The fourth-order valence-electron chi connectivity index (χ4n) is 2.35. The first kappa shape index (κ1) is 15.1. The number of hydrogen-bond donors (Lipinski definition) is 1. The smallest absolute Gasteiger partial charge is 0.426 e. The Morgan fingerprint density at radius 3 is 2.18 bits per heavy atom. The second kappa shape index (κ2) is 5.10. The van der Waals surface area contributed by atoms with Gasteiger partial charge in [0.15, 0.2) is 0 Å². The zero-order valence-corrected chi connectivity index (χ0v) is 11.9. The van der Waals surface area contributed by atoms with Crippen molar-refractivity contribution in [3.05, 3.63) is 60.2 Å². The van der Waals surface area contributed by atoms with Crippen molar-refractivity contribution >= 4 is 10.8 Å². The van der Waals surface area contributed by atoms with Gasteiger partial charge in [-0.3, -0.25) is 4.21 Å². The molecule has 0 saturated carbocycles. The van der Waals surface area contributed by atoms with Gasteiger partial charge in [0, 0.05) is 0 Å². The standard InChI is InChI=1S/C15H11F3O3S/c16-15(17,18)14(19,10-6-2-1-3-7-10)13-21-11-8-4-5-9-12(11)22(13)20/h1-9,13,19H/t13-,14-,22?/m0/s1. The van der Waals surface area contributed by atoms with Gasteiger partial charge in [0.25, 0.3) is 0 Å². The maximum atomic E-state index is 13.6. The van der Waals surface area contributed by atoms with E-state index < -0.39 is 33.6 Å². The third-order valence-electron chi connectivity index (χ3n) is 3.48. The van der Waals surface area contributed by atoms with Crippen LogP contribution in [-0.2, 0) is 16.4 Å². The molecule has 0 spiro atoms. The van der Waals surface area contributed by atoms with Gasteiger partial charge >= 0.3 is 6.18 Å². The van der Waals surface area contributed by atoms with Gasteiger partial charge in [-0.1, -0.05) is 42.5 Å². The van der Waals surface area contributed by atoms with E-state index in [1.165, 1.54) is 30.3 Å². The maximum absolute atomic E-state index is 13.6.